The van der Waals surface area contributed by atoms with Gasteiger partial charge in [-0.05, 0) is 35.7 Å². The monoisotopic (exact) mass is 375 g/mol. The van der Waals surface area contributed by atoms with Crippen molar-refractivity contribution in [1.29, 1.82) is 0 Å². The number of amides is 2. The van der Waals surface area contributed by atoms with Gasteiger partial charge in [0.2, 0.25) is 11.8 Å². The van der Waals surface area contributed by atoms with Gasteiger partial charge in [0, 0.05) is 30.7 Å². The Morgan fingerprint density at radius 1 is 1.23 bits per heavy atom. The molecular weight excluding hydrogens is 353 g/mol. The molecule has 1 aromatic heterocycles. The zero-order chi connectivity index (χ0) is 18.9. The molecule has 1 heterocycles. The lowest BCUT2D eigenvalue weighted by Gasteiger charge is -2.23. The standard InChI is InChI=1S/C19H22FN3O2S/c1-3-10-23(12-17-5-4-11-26-17)14-19(25)22(2)13-18(24)21-16-8-6-15(20)7-9-16/h3-9,11H,1,10,12-14H2,2H3,(H,21,24). The summed E-state index contributed by atoms with van der Waals surface area (Å²) in [4.78, 5) is 29.0. The molecule has 0 aliphatic rings. The number of benzene rings is 1. The molecule has 0 fully saturated rings. The van der Waals surface area contributed by atoms with E-state index in [9.17, 15) is 14.0 Å². The Balaban J connectivity index is 1.85. The minimum Gasteiger partial charge on any atom is -0.335 e. The summed E-state index contributed by atoms with van der Waals surface area (Å²) in [5.74, 6) is -0.859. The van der Waals surface area contributed by atoms with Crippen LogP contribution in [0.4, 0.5) is 10.1 Å². The highest BCUT2D eigenvalue weighted by Gasteiger charge is 2.17. The van der Waals surface area contributed by atoms with Gasteiger partial charge in [-0.1, -0.05) is 12.1 Å². The molecule has 0 aliphatic heterocycles. The van der Waals surface area contributed by atoms with Crippen molar-refractivity contribution in [2.24, 2.45) is 0 Å². The van der Waals surface area contributed by atoms with E-state index in [0.29, 0.717) is 18.8 Å². The molecule has 0 unspecified atom stereocenters. The summed E-state index contributed by atoms with van der Waals surface area (Å²) in [5.41, 5.74) is 0.489. The predicted molar refractivity (Wildman–Crippen MR) is 102 cm³/mol. The quantitative estimate of drug-likeness (QED) is 0.686. The van der Waals surface area contributed by atoms with Crippen LogP contribution in [0.5, 0.6) is 0 Å². The second kappa shape index (κ2) is 9.84. The van der Waals surface area contributed by atoms with Crippen LogP contribution < -0.4 is 5.32 Å². The molecule has 2 aromatic rings. The molecular formula is C19H22FN3O2S. The molecule has 0 bridgehead atoms. The maximum absolute atomic E-state index is 12.9. The third-order valence-corrected chi connectivity index (χ3v) is 4.50. The first-order chi connectivity index (χ1) is 12.5. The highest BCUT2D eigenvalue weighted by molar-refractivity contribution is 7.09. The second-order valence-electron chi connectivity index (χ2n) is 5.84. The van der Waals surface area contributed by atoms with Crippen molar-refractivity contribution in [1.82, 2.24) is 9.80 Å². The fourth-order valence-electron chi connectivity index (χ4n) is 2.34. The molecule has 7 heteroatoms. The first-order valence-corrected chi connectivity index (χ1v) is 9.01. The number of carbonyl (C=O) groups is 2. The average molecular weight is 375 g/mol. The lowest BCUT2D eigenvalue weighted by molar-refractivity contribution is -0.134. The number of nitrogens with zero attached hydrogens (tertiary/aromatic N) is 2. The Labute approximate surface area is 156 Å². The second-order valence-corrected chi connectivity index (χ2v) is 6.87. The number of carbonyl (C=O) groups excluding carboxylic acids is 2. The minimum atomic E-state index is -0.372. The zero-order valence-electron chi connectivity index (χ0n) is 14.7. The van der Waals surface area contributed by atoms with E-state index in [2.05, 4.69) is 11.9 Å². The molecule has 2 amide bonds. The van der Waals surface area contributed by atoms with Gasteiger partial charge >= 0.3 is 0 Å². The Morgan fingerprint density at radius 3 is 2.58 bits per heavy atom. The third-order valence-electron chi connectivity index (χ3n) is 3.64. The number of anilines is 1. The Hall–Kier alpha value is -2.51. The van der Waals surface area contributed by atoms with E-state index in [1.54, 1.807) is 24.5 Å². The Morgan fingerprint density at radius 2 is 1.96 bits per heavy atom. The molecule has 1 aromatic carbocycles. The molecule has 0 radical (unpaired) electrons. The van der Waals surface area contributed by atoms with Gasteiger partial charge in [-0.25, -0.2) is 4.39 Å². The van der Waals surface area contributed by atoms with Crippen LogP contribution >= 0.6 is 11.3 Å². The van der Waals surface area contributed by atoms with Crippen molar-refractivity contribution in [2.75, 3.05) is 32.0 Å². The maximum atomic E-state index is 12.9. The van der Waals surface area contributed by atoms with Gasteiger partial charge in [0.25, 0.3) is 0 Å². The van der Waals surface area contributed by atoms with Crippen LogP contribution in [0.1, 0.15) is 4.88 Å². The van der Waals surface area contributed by atoms with Gasteiger partial charge < -0.3 is 10.2 Å². The Kier molecular flexibility index (Phi) is 7.50. The molecule has 0 atom stereocenters. The highest BCUT2D eigenvalue weighted by Crippen LogP contribution is 2.12. The molecule has 138 valence electrons. The predicted octanol–water partition coefficient (Wildman–Crippen LogP) is 2.97. The fraction of sp³-hybridized carbons (Fsp3) is 0.263. The first-order valence-electron chi connectivity index (χ1n) is 8.13. The molecule has 0 saturated heterocycles. The maximum Gasteiger partial charge on any atom is 0.243 e. The SMILES string of the molecule is C=CCN(CC(=O)N(C)CC(=O)Nc1ccc(F)cc1)Cc1cccs1. The van der Waals surface area contributed by atoms with Crippen LogP contribution in [0.3, 0.4) is 0 Å². The number of halogens is 1. The van der Waals surface area contributed by atoms with Gasteiger partial charge in [0.1, 0.15) is 5.82 Å². The summed E-state index contributed by atoms with van der Waals surface area (Å²) < 4.78 is 12.9. The van der Waals surface area contributed by atoms with E-state index < -0.39 is 0 Å². The van der Waals surface area contributed by atoms with E-state index >= 15 is 0 Å². The van der Waals surface area contributed by atoms with Crippen molar-refractivity contribution in [2.45, 2.75) is 6.54 Å². The van der Waals surface area contributed by atoms with Crippen LogP contribution in [-0.2, 0) is 16.1 Å². The average Bonchev–Trinajstić information content (AvgIpc) is 3.10. The fourth-order valence-corrected chi connectivity index (χ4v) is 3.09. The van der Waals surface area contributed by atoms with Crippen LogP contribution in [0.15, 0.2) is 54.4 Å². The number of rotatable bonds is 9. The normalized spacial score (nSPS) is 10.6. The topological polar surface area (TPSA) is 52.7 Å². The first kappa shape index (κ1) is 19.8. The third kappa shape index (κ3) is 6.42. The number of hydrogen-bond acceptors (Lipinski definition) is 4. The minimum absolute atomic E-state index is 0.0723. The van der Waals surface area contributed by atoms with Crippen LogP contribution in [0, 0.1) is 5.82 Å². The van der Waals surface area contributed by atoms with Crippen molar-refractivity contribution >= 4 is 28.8 Å². The number of hydrogen-bond donors (Lipinski definition) is 1. The lowest BCUT2D eigenvalue weighted by atomic mass is 10.3. The summed E-state index contributed by atoms with van der Waals surface area (Å²) in [5, 5.41) is 4.64. The number of nitrogens with one attached hydrogen (secondary N) is 1. The highest BCUT2D eigenvalue weighted by atomic mass is 32.1. The summed E-state index contributed by atoms with van der Waals surface area (Å²) in [6, 6.07) is 9.47. The molecule has 0 spiro atoms. The Bertz CT molecular complexity index is 732. The van der Waals surface area contributed by atoms with Crippen molar-refractivity contribution in [3.8, 4) is 0 Å². The zero-order valence-corrected chi connectivity index (χ0v) is 15.5. The van der Waals surface area contributed by atoms with Gasteiger partial charge in [0.05, 0.1) is 13.1 Å². The molecule has 0 aliphatic carbocycles. The summed E-state index contributed by atoms with van der Waals surface area (Å²) in [7, 11) is 1.59. The largest absolute Gasteiger partial charge is 0.335 e. The van der Waals surface area contributed by atoms with E-state index in [1.807, 2.05) is 22.4 Å². The van der Waals surface area contributed by atoms with Crippen LogP contribution in [0.25, 0.3) is 0 Å². The smallest absolute Gasteiger partial charge is 0.243 e. The van der Waals surface area contributed by atoms with Gasteiger partial charge in [-0.3, -0.25) is 14.5 Å². The molecule has 1 N–H and O–H groups in total. The lowest BCUT2D eigenvalue weighted by Crippen LogP contribution is -2.41. The van der Waals surface area contributed by atoms with Crippen molar-refractivity contribution in [3.63, 3.8) is 0 Å². The van der Waals surface area contributed by atoms with Crippen molar-refractivity contribution < 1.29 is 14.0 Å². The van der Waals surface area contributed by atoms with E-state index in [1.165, 1.54) is 29.2 Å². The van der Waals surface area contributed by atoms with Gasteiger partial charge in [-0.15, -0.1) is 17.9 Å². The van der Waals surface area contributed by atoms with E-state index in [4.69, 9.17) is 0 Å². The van der Waals surface area contributed by atoms with Gasteiger partial charge in [-0.2, -0.15) is 0 Å². The van der Waals surface area contributed by atoms with Crippen molar-refractivity contribution in [3.05, 3.63) is 65.1 Å². The number of likely N-dealkylation sites (N-methyl/N-ethyl adjacent to an activating group) is 1. The molecule has 26 heavy (non-hydrogen) atoms. The summed E-state index contributed by atoms with van der Waals surface area (Å²) >= 11 is 1.63. The molecule has 5 nitrogen and oxygen atoms in total. The van der Waals surface area contributed by atoms with E-state index in [0.717, 1.165) is 4.88 Å². The van der Waals surface area contributed by atoms with Crippen LogP contribution in [0.2, 0.25) is 0 Å². The summed E-state index contributed by atoms with van der Waals surface area (Å²) in [6.07, 6.45) is 1.75. The van der Waals surface area contributed by atoms with Crippen LogP contribution in [-0.4, -0.2) is 48.3 Å². The molecule has 0 saturated carbocycles. The number of thiophene rings is 1. The summed E-state index contributed by atoms with van der Waals surface area (Å²) in [6.45, 7) is 5.10. The molecule has 2 rings (SSSR count). The van der Waals surface area contributed by atoms with Gasteiger partial charge in [0.15, 0.2) is 0 Å². The van der Waals surface area contributed by atoms with E-state index in [-0.39, 0.29) is 30.7 Å².